The van der Waals surface area contributed by atoms with Crippen LogP contribution in [-0.2, 0) is 11.2 Å². The molecule has 14 heavy (non-hydrogen) atoms. The smallest absolute Gasteiger partial charge is 0.226 e. The van der Waals surface area contributed by atoms with Gasteiger partial charge in [0.2, 0.25) is 5.91 Å². The van der Waals surface area contributed by atoms with Crippen LogP contribution in [0.3, 0.4) is 0 Å². The zero-order valence-corrected chi connectivity index (χ0v) is 8.87. The number of hydrogen-bond acceptors (Lipinski definition) is 2. The zero-order chi connectivity index (χ0) is 10.7. The third kappa shape index (κ3) is 2.49. The maximum absolute atomic E-state index is 11.4. The van der Waals surface area contributed by atoms with E-state index in [2.05, 4.69) is 0 Å². The van der Waals surface area contributed by atoms with E-state index in [0.717, 1.165) is 11.1 Å². The van der Waals surface area contributed by atoms with Gasteiger partial charge in [-0.15, -0.1) is 0 Å². The Bertz CT molecular complexity index is 345. The molecule has 0 saturated heterocycles. The molecule has 3 heteroatoms. The maximum atomic E-state index is 11.4. The van der Waals surface area contributed by atoms with Crippen molar-refractivity contribution in [3.05, 3.63) is 29.3 Å². The topological polar surface area (TPSA) is 46.3 Å². The zero-order valence-electron chi connectivity index (χ0n) is 8.87. The largest absolute Gasteiger partial charge is 0.398 e. The molecule has 1 aromatic rings. The molecule has 76 valence electrons. The average Bonchev–Trinajstić information content (AvgIpc) is 2.11. The number of amides is 1. The summed E-state index contributed by atoms with van der Waals surface area (Å²) in [5, 5.41) is 0. The lowest BCUT2D eigenvalue weighted by atomic mass is 10.1. The minimum absolute atomic E-state index is 0.0716. The van der Waals surface area contributed by atoms with Gasteiger partial charge in [0, 0.05) is 19.8 Å². The molecule has 3 nitrogen and oxygen atoms in total. The number of anilines is 1. The van der Waals surface area contributed by atoms with Gasteiger partial charge in [0.25, 0.3) is 0 Å². The normalized spacial score (nSPS) is 9.93. The molecule has 0 radical (unpaired) electrons. The summed E-state index contributed by atoms with van der Waals surface area (Å²) in [7, 11) is 3.49. The van der Waals surface area contributed by atoms with Gasteiger partial charge in [-0.05, 0) is 18.6 Å². The highest BCUT2D eigenvalue weighted by Crippen LogP contribution is 2.14. The van der Waals surface area contributed by atoms with Crippen molar-refractivity contribution in [2.24, 2.45) is 0 Å². The van der Waals surface area contributed by atoms with Gasteiger partial charge < -0.3 is 10.6 Å². The van der Waals surface area contributed by atoms with Gasteiger partial charge in [-0.3, -0.25) is 4.79 Å². The van der Waals surface area contributed by atoms with Crippen LogP contribution in [0.5, 0.6) is 0 Å². The van der Waals surface area contributed by atoms with E-state index in [0.29, 0.717) is 12.1 Å². The Balaban J connectivity index is 2.86. The number of nitrogens with two attached hydrogens (primary N) is 1. The minimum Gasteiger partial charge on any atom is -0.398 e. The SMILES string of the molecule is Cc1ccc(N)c(CC(=O)N(C)C)c1. The molecule has 0 saturated carbocycles. The number of rotatable bonds is 2. The Labute approximate surface area is 84.5 Å². The number of carbonyl (C=O) groups is 1. The quantitative estimate of drug-likeness (QED) is 0.716. The summed E-state index contributed by atoms with van der Waals surface area (Å²) in [5.41, 5.74) is 8.48. The van der Waals surface area contributed by atoms with Crippen LogP contribution in [0.1, 0.15) is 11.1 Å². The summed E-state index contributed by atoms with van der Waals surface area (Å²) < 4.78 is 0. The van der Waals surface area contributed by atoms with Gasteiger partial charge in [0.05, 0.1) is 6.42 Å². The first-order valence-electron chi connectivity index (χ1n) is 4.56. The van der Waals surface area contributed by atoms with Crippen molar-refractivity contribution in [1.29, 1.82) is 0 Å². The van der Waals surface area contributed by atoms with Crippen LogP contribution in [0.25, 0.3) is 0 Å². The Hall–Kier alpha value is -1.51. The highest BCUT2D eigenvalue weighted by molar-refractivity contribution is 5.79. The van der Waals surface area contributed by atoms with E-state index < -0.39 is 0 Å². The molecule has 1 aromatic carbocycles. The first-order valence-corrected chi connectivity index (χ1v) is 4.56. The molecular formula is C11H16N2O. The first-order chi connectivity index (χ1) is 6.50. The van der Waals surface area contributed by atoms with Crippen molar-refractivity contribution in [2.75, 3.05) is 19.8 Å². The summed E-state index contributed by atoms with van der Waals surface area (Å²) in [4.78, 5) is 13.0. The highest BCUT2D eigenvalue weighted by atomic mass is 16.2. The molecule has 0 bridgehead atoms. The summed E-state index contributed by atoms with van der Waals surface area (Å²) >= 11 is 0. The van der Waals surface area contributed by atoms with Gasteiger partial charge in [-0.2, -0.15) is 0 Å². The van der Waals surface area contributed by atoms with Crippen LogP contribution in [0, 0.1) is 6.92 Å². The number of likely N-dealkylation sites (N-methyl/N-ethyl adjacent to an activating group) is 1. The average molecular weight is 192 g/mol. The molecule has 0 heterocycles. The predicted molar refractivity (Wildman–Crippen MR) is 58.0 cm³/mol. The van der Waals surface area contributed by atoms with Gasteiger partial charge in [0.1, 0.15) is 0 Å². The molecule has 0 atom stereocenters. The molecule has 1 rings (SSSR count). The second kappa shape index (κ2) is 4.13. The van der Waals surface area contributed by atoms with Crippen LogP contribution < -0.4 is 5.73 Å². The summed E-state index contributed by atoms with van der Waals surface area (Å²) in [6, 6.07) is 5.74. The van der Waals surface area contributed by atoms with E-state index in [-0.39, 0.29) is 5.91 Å². The highest BCUT2D eigenvalue weighted by Gasteiger charge is 2.07. The van der Waals surface area contributed by atoms with Crippen molar-refractivity contribution < 1.29 is 4.79 Å². The van der Waals surface area contributed by atoms with Crippen LogP contribution in [0.2, 0.25) is 0 Å². The van der Waals surface area contributed by atoms with E-state index in [1.807, 2.05) is 25.1 Å². The molecule has 0 aliphatic carbocycles. The fraction of sp³-hybridized carbons (Fsp3) is 0.364. The summed E-state index contributed by atoms with van der Waals surface area (Å²) in [6.07, 6.45) is 0.376. The predicted octanol–water partition coefficient (Wildman–Crippen LogP) is 1.21. The third-order valence-electron chi connectivity index (χ3n) is 2.14. The van der Waals surface area contributed by atoms with Gasteiger partial charge >= 0.3 is 0 Å². The minimum atomic E-state index is 0.0716. The molecule has 0 spiro atoms. The van der Waals surface area contributed by atoms with Crippen molar-refractivity contribution in [3.8, 4) is 0 Å². The van der Waals surface area contributed by atoms with Crippen LogP contribution >= 0.6 is 0 Å². The lowest BCUT2D eigenvalue weighted by molar-refractivity contribution is -0.127. The standard InChI is InChI=1S/C11H16N2O/c1-8-4-5-10(12)9(6-8)7-11(14)13(2)3/h4-6H,7,12H2,1-3H3. The van der Waals surface area contributed by atoms with Gasteiger partial charge in [0.15, 0.2) is 0 Å². The molecule has 0 fully saturated rings. The Morgan fingerprint density at radius 2 is 2.07 bits per heavy atom. The number of aryl methyl sites for hydroxylation is 1. The lowest BCUT2D eigenvalue weighted by Crippen LogP contribution is -2.23. The van der Waals surface area contributed by atoms with Crippen molar-refractivity contribution in [1.82, 2.24) is 4.90 Å². The number of benzene rings is 1. The second-order valence-corrected chi connectivity index (χ2v) is 3.67. The summed E-state index contributed by atoms with van der Waals surface area (Å²) in [6.45, 7) is 1.99. The van der Waals surface area contributed by atoms with E-state index in [9.17, 15) is 4.79 Å². The van der Waals surface area contributed by atoms with Gasteiger partial charge in [-0.1, -0.05) is 17.7 Å². The Kier molecular flexibility index (Phi) is 3.12. The van der Waals surface area contributed by atoms with E-state index in [1.54, 1.807) is 19.0 Å². The lowest BCUT2D eigenvalue weighted by Gasteiger charge is -2.11. The summed E-state index contributed by atoms with van der Waals surface area (Å²) in [5.74, 6) is 0.0716. The van der Waals surface area contributed by atoms with Crippen LogP contribution in [0.15, 0.2) is 18.2 Å². The Morgan fingerprint density at radius 3 is 2.64 bits per heavy atom. The van der Waals surface area contributed by atoms with Crippen molar-refractivity contribution in [2.45, 2.75) is 13.3 Å². The van der Waals surface area contributed by atoms with Crippen LogP contribution in [-0.4, -0.2) is 24.9 Å². The van der Waals surface area contributed by atoms with E-state index in [4.69, 9.17) is 5.73 Å². The fourth-order valence-corrected chi connectivity index (χ4v) is 1.21. The number of nitrogens with zero attached hydrogens (tertiary/aromatic N) is 1. The maximum Gasteiger partial charge on any atom is 0.226 e. The Morgan fingerprint density at radius 1 is 1.43 bits per heavy atom. The van der Waals surface area contributed by atoms with Crippen molar-refractivity contribution >= 4 is 11.6 Å². The van der Waals surface area contributed by atoms with Crippen LogP contribution in [0.4, 0.5) is 5.69 Å². The van der Waals surface area contributed by atoms with Gasteiger partial charge in [-0.25, -0.2) is 0 Å². The molecule has 2 N–H and O–H groups in total. The van der Waals surface area contributed by atoms with E-state index in [1.165, 1.54) is 0 Å². The molecule has 0 aliphatic rings. The second-order valence-electron chi connectivity index (χ2n) is 3.67. The molecule has 0 aliphatic heterocycles. The third-order valence-corrected chi connectivity index (χ3v) is 2.14. The molecule has 0 unspecified atom stereocenters. The number of hydrogen-bond donors (Lipinski definition) is 1. The molecule has 1 amide bonds. The number of carbonyl (C=O) groups excluding carboxylic acids is 1. The van der Waals surface area contributed by atoms with Crippen molar-refractivity contribution in [3.63, 3.8) is 0 Å². The molecular weight excluding hydrogens is 176 g/mol. The monoisotopic (exact) mass is 192 g/mol. The number of nitrogen functional groups attached to an aromatic ring is 1. The fourth-order valence-electron chi connectivity index (χ4n) is 1.21. The van der Waals surface area contributed by atoms with E-state index >= 15 is 0 Å². The first kappa shape index (κ1) is 10.6. The molecule has 0 aromatic heterocycles.